The number of hydrogen-bond donors (Lipinski definition) is 0. The van der Waals surface area contributed by atoms with Crippen molar-refractivity contribution in [2.24, 2.45) is 0 Å². The van der Waals surface area contributed by atoms with Gasteiger partial charge in [0, 0.05) is 19.4 Å². The van der Waals surface area contributed by atoms with Gasteiger partial charge in [0.25, 0.3) is 0 Å². The topological polar surface area (TPSA) is 61.8 Å². The van der Waals surface area contributed by atoms with Gasteiger partial charge >= 0.3 is 11.9 Å². The molecule has 0 aromatic rings. The zero-order chi connectivity index (χ0) is 35.0. The number of ether oxygens (including phenoxy) is 3. The van der Waals surface area contributed by atoms with E-state index in [-0.39, 0.29) is 25.2 Å². The molecule has 1 atom stereocenters. The quantitative estimate of drug-likeness (QED) is 0.0376. The van der Waals surface area contributed by atoms with Crippen LogP contribution >= 0.6 is 0 Å². The summed E-state index contributed by atoms with van der Waals surface area (Å²) in [6.45, 7) is 7.59. The number of esters is 2. The van der Waals surface area contributed by atoms with Crippen LogP contribution in [0.2, 0.25) is 0 Å². The second-order valence-electron chi connectivity index (χ2n) is 13.2. The molecule has 0 aliphatic heterocycles. The fraction of sp³-hybridized carbons (Fsp3) is 0.767. The van der Waals surface area contributed by atoms with Crippen LogP contribution in [0.15, 0.2) is 48.6 Å². The van der Waals surface area contributed by atoms with E-state index in [0.717, 1.165) is 57.8 Å². The molecular weight excluding hydrogens is 596 g/mol. The summed E-state index contributed by atoms with van der Waals surface area (Å²) in [6, 6.07) is 0. The van der Waals surface area contributed by atoms with Crippen LogP contribution in [0.3, 0.4) is 0 Å². The lowest BCUT2D eigenvalue weighted by Gasteiger charge is -2.18. The van der Waals surface area contributed by atoms with Crippen LogP contribution in [0.25, 0.3) is 0 Å². The second-order valence-corrected chi connectivity index (χ2v) is 13.2. The van der Waals surface area contributed by atoms with Gasteiger partial charge in [0.15, 0.2) is 6.10 Å². The van der Waals surface area contributed by atoms with Crippen molar-refractivity contribution in [3.05, 3.63) is 48.6 Å². The SMILES string of the molecule is CC/C=C\C/C=C\C/C=C\C/C=C\CCC(=O)OCC(COCCCCCCCCCCCCCC)OC(=O)CCCCCCCCC. The zero-order valence-electron chi connectivity index (χ0n) is 31.7. The molecule has 0 saturated carbocycles. The summed E-state index contributed by atoms with van der Waals surface area (Å²) in [5, 5.41) is 0. The summed E-state index contributed by atoms with van der Waals surface area (Å²) in [4.78, 5) is 24.9. The minimum atomic E-state index is -0.555. The zero-order valence-corrected chi connectivity index (χ0v) is 31.7. The summed E-state index contributed by atoms with van der Waals surface area (Å²) in [5.41, 5.74) is 0. The van der Waals surface area contributed by atoms with E-state index >= 15 is 0 Å². The molecule has 0 aliphatic rings. The average molecular weight is 673 g/mol. The second kappa shape index (κ2) is 39.3. The van der Waals surface area contributed by atoms with Crippen molar-refractivity contribution >= 4 is 11.9 Å². The van der Waals surface area contributed by atoms with E-state index in [1.54, 1.807) is 0 Å². The van der Waals surface area contributed by atoms with Crippen molar-refractivity contribution in [3.63, 3.8) is 0 Å². The van der Waals surface area contributed by atoms with Crippen LogP contribution in [0.5, 0.6) is 0 Å². The first-order valence-electron chi connectivity index (χ1n) is 20.2. The number of unbranched alkanes of at least 4 members (excludes halogenated alkanes) is 17. The summed E-state index contributed by atoms with van der Waals surface area (Å²) in [6.07, 6.45) is 45.5. The molecule has 1 unspecified atom stereocenters. The van der Waals surface area contributed by atoms with Crippen molar-refractivity contribution in [2.45, 2.75) is 194 Å². The Morgan fingerprint density at radius 1 is 0.479 bits per heavy atom. The molecule has 0 rings (SSSR count). The number of carbonyl (C=O) groups is 2. The van der Waals surface area contributed by atoms with Crippen molar-refractivity contribution in [2.75, 3.05) is 19.8 Å². The lowest BCUT2D eigenvalue weighted by molar-refractivity contribution is -0.162. The molecule has 0 heterocycles. The Hall–Kier alpha value is -2.14. The van der Waals surface area contributed by atoms with E-state index in [2.05, 4.69) is 63.3 Å². The molecule has 0 N–H and O–H groups in total. The molecule has 0 bridgehead atoms. The Morgan fingerprint density at radius 2 is 0.938 bits per heavy atom. The van der Waals surface area contributed by atoms with Crippen LogP contribution in [0.1, 0.15) is 188 Å². The summed E-state index contributed by atoms with van der Waals surface area (Å²) in [5.74, 6) is -0.495. The Labute approximate surface area is 297 Å². The largest absolute Gasteiger partial charge is 0.462 e. The van der Waals surface area contributed by atoms with E-state index in [0.29, 0.717) is 25.9 Å². The highest BCUT2D eigenvalue weighted by Gasteiger charge is 2.17. The van der Waals surface area contributed by atoms with Crippen LogP contribution in [-0.4, -0.2) is 37.9 Å². The standard InChI is InChI=1S/C43H76O5/c1-4-7-10-13-16-18-20-22-23-25-28-30-33-36-42(44)47-40-41(48-43(45)37-34-31-27-15-12-9-6-3)39-46-38-35-32-29-26-24-21-19-17-14-11-8-5-2/h7,10,16,18,22-23,28,30,41H,4-6,8-9,11-15,17,19-21,24-27,29,31-40H2,1-3H3/b10-7-,18-16-,23-22-,30-28-. The number of hydrogen-bond acceptors (Lipinski definition) is 5. The van der Waals surface area contributed by atoms with Gasteiger partial charge in [-0.1, -0.05) is 179 Å². The highest BCUT2D eigenvalue weighted by molar-refractivity contribution is 5.70. The van der Waals surface area contributed by atoms with E-state index in [1.165, 1.54) is 89.9 Å². The van der Waals surface area contributed by atoms with Gasteiger partial charge in [0.1, 0.15) is 6.61 Å². The molecule has 5 heteroatoms. The molecule has 0 spiro atoms. The maximum Gasteiger partial charge on any atom is 0.306 e. The van der Waals surface area contributed by atoms with Gasteiger partial charge in [0.2, 0.25) is 0 Å². The van der Waals surface area contributed by atoms with Gasteiger partial charge in [-0.3, -0.25) is 9.59 Å². The van der Waals surface area contributed by atoms with Crippen molar-refractivity contribution in [1.29, 1.82) is 0 Å². The highest BCUT2D eigenvalue weighted by atomic mass is 16.6. The minimum absolute atomic E-state index is 0.0498. The summed E-state index contributed by atoms with van der Waals surface area (Å²) < 4.78 is 17.1. The number of carbonyl (C=O) groups excluding carboxylic acids is 2. The van der Waals surface area contributed by atoms with Crippen molar-refractivity contribution < 1.29 is 23.8 Å². The van der Waals surface area contributed by atoms with Crippen molar-refractivity contribution in [3.8, 4) is 0 Å². The molecule has 48 heavy (non-hydrogen) atoms. The summed E-state index contributed by atoms with van der Waals surface area (Å²) in [7, 11) is 0. The smallest absolute Gasteiger partial charge is 0.306 e. The van der Waals surface area contributed by atoms with Gasteiger partial charge in [-0.05, 0) is 44.9 Å². The third-order valence-corrected chi connectivity index (χ3v) is 8.39. The Balaban J connectivity index is 4.29. The molecule has 0 radical (unpaired) electrons. The van der Waals surface area contributed by atoms with Gasteiger partial charge in [-0.2, -0.15) is 0 Å². The van der Waals surface area contributed by atoms with E-state index < -0.39 is 6.10 Å². The lowest BCUT2D eigenvalue weighted by Crippen LogP contribution is -2.30. The molecule has 0 amide bonds. The Bertz CT molecular complexity index is 812. The number of rotatable bonds is 36. The Kier molecular flexibility index (Phi) is 37.5. The fourth-order valence-corrected chi connectivity index (χ4v) is 5.40. The first-order chi connectivity index (χ1) is 23.6. The molecule has 0 fully saturated rings. The molecule has 0 aromatic heterocycles. The van der Waals surface area contributed by atoms with Crippen molar-refractivity contribution in [1.82, 2.24) is 0 Å². The number of allylic oxidation sites excluding steroid dienone is 8. The molecule has 0 aliphatic carbocycles. The predicted molar refractivity (Wildman–Crippen MR) is 205 cm³/mol. The van der Waals surface area contributed by atoms with E-state index in [1.807, 2.05) is 6.08 Å². The first-order valence-corrected chi connectivity index (χ1v) is 20.2. The van der Waals surface area contributed by atoms with Gasteiger partial charge in [-0.15, -0.1) is 0 Å². The Morgan fingerprint density at radius 3 is 1.46 bits per heavy atom. The summed E-state index contributed by atoms with van der Waals surface area (Å²) >= 11 is 0. The van der Waals surface area contributed by atoms with E-state index in [9.17, 15) is 9.59 Å². The van der Waals surface area contributed by atoms with Crippen LogP contribution in [-0.2, 0) is 23.8 Å². The molecule has 0 aromatic carbocycles. The highest BCUT2D eigenvalue weighted by Crippen LogP contribution is 2.13. The average Bonchev–Trinajstić information content (AvgIpc) is 3.08. The monoisotopic (exact) mass is 673 g/mol. The maximum atomic E-state index is 12.6. The van der Waals surface area contributed by atoms with Crippen LogP contribution in [0.4, 0.5) is 0 Å². The molecule has 278 valence electrons. The fourth-order valence-electron chi connectivity index (χ4n) is 5.40. The van der Waals surface area contributed by atoms with Gasteiger partial charge in [0.05, 0.1) is 6.61 Å². The minimum Gasteiger partial charge on any atom is -0.462 e. The van der Waals surface area contributed by atoms with Gasteiger partial charge in [-0.25, -0.2) is 0 Å². The normalized spacial score (nSPS) is 12.6. The third-order valence-electron chi connectivity index (χ3n) is 8.39. The van der Waals surface area contributed by atoms with E-state index in [4.69, 9.17) is 14.2 Å². The van der Waals surface area contributed by atoms with Gasteiger partial charge < -0.3 is 14.2 Å². The molecule has 5 nitrogen and oxygen atoms in total. The predicted octanol–water partition coefficient (Wildman–Crippen LogP) is 12.9. The molecule has 0 saturated heterocycles. The third kappa shape index (κ3) is 36.7. The van der Waals surface area contributed by atoms with Crippen LogP contribution in [0, 0.1) is 0 Å². The van der Waals surface area contributed by atoms with Crippen LogP contribution < -0.4 is 0 Å². The maximum absolute atomic E-state index is 12.6. The first kappa shape index (κ1) is 45.9. The lowest BCUT2D eigenvalue weighted by atomic mass is 10.1. The molecular formula is C43H76O5.